The molecule has 1 aromatic carbocycles. The highest BCUT2D eigenvalue weighted by Crippen LogP contribution is 2.13. The number of rotatable bonds is 21. The minimum Gasteiger partial charge on any atom is -0.376 e. The lowest BCUT2D eigenvalue weighted by molar-refractivity contribution is -0.119. The number of unbranched alkanes of at least 4 members (excludes halogenated alkanes) is 13. The molecule has 5 heteroatoms. The van der Waals surface area contributed by atoms with Gasteiger partial charge in [0, 0.05) is 23.8 Å². The number of hydrogen-bond donors (Lipinski definition) is 3. The molecule has 0 aliphatic carbocycles. The standard InChI is InChI=1S/C29H51N3O2/c1-4-6-7-8-9-10-11-12-13-14-15-16-17-18-22-30-28(33)24-31-27-21-19-20-26(23-27)29(34)32-25(3)5-2/h19-21,23,25,31H,4-18,22,24H2,1-3H3,(H,30,33)(H,32,34). The molecule has 1 rings (SSSR count). The van der Waals surface area contributed by atoms with Gasteiger partial charge in [0.2, 0.25) is 5.91 Å². The van der Waals surface area contributed by atoms with E-state index in [0.717, 1.165) is 25.1 Å². The van der Waals surface area contributed by atoms with Crippen LogP contribution < -0.4 is 16.0 Å². The molecule has 0 aliphatic heterocycles. The Hall–Kier alpha value is -2.04. The molecular formula is C29H51N3O2. The molecular weight excluding hydrogens is 422 g/mol. The number of nitrogens with one attached hydrogen (secondary N) is 3. The van der Waals surface area contributed by atoms with Gasteiger partial charge in [-0.05, 0) is 38.0 Å². The van der Waals surface area contributed by atoms with Gasteiger partial charge < -0.3 is 16.0 Å². The average Bonchev–Trinajstić information content (AvgIpc) is 2.85. The normalized spacial score (nSPS) is 11.7. The van der Waals surface area contributed by atoms with E-state index in [-0.39, 0.29) is 24.4 Å². The van der Waals surface area contributed by atoms with Gasteiger partial charge in [-0.25, -0.2) is 0 Å². The molecule has 0 saturated carbocycles. The van der Waals surface area contributed by atoms with Gasteiger partial charge >= 0.3 is 0 Å². The van der Waals surface area contributed by atoms with E-state index in [1.807, 2.05) is 26.0 Å². The van der Waals surface area contributed by atoms with Crippen LogP contribution in [0.4, 0.5) is 5.69 Å². The Labute approximate surface area is 209 Å². The van der Waals surface area contributed by atoms with Crippen molar-refractivity contribution in [1.82, 2.24) is 10.6 Å². The maximum absolute atomic E-state index is 12.3. The second kappa shape index (κ2) is 20.3. The lowest BCUT2D eigenvalue weighted by atomic mass is 10.0. The van der Waals surface area contributed by atoms with Crippen LogP contribution in [0.1, 0.15) is 127 Å². The second-order valence-corrected chi connectivity index (χ2v) is 9.66. The van der Waals surface area contributed by atoms with Crippen LogP contribution in [-0.2, 0) is 4.79 Å². The first-order chi connectivity index (χ1) is 16.6. The molecule has 0 saturated heterocycles. The van der Waals surface area contributed by atoms with Crippen molar-refractivity contribution in [3.8, 4) is 0 Å². The summed E-state index contributed by atoms with van der Waals surface area (Å²) in [6, 6.07) is 7.43. The van der Waals surface area contributed by atoms with Crippen LogP contribution in [0.15, 0.2) is 24.3 Å². The third-order valence-corrected chi connectivity index (χ3v) is 6.42. The summed E-state index contributed by atoms with van der Waals surface area (Å²) in [5, 5.41) is 9.07. The average molecular weight is 474 g/mol. The first kappa shape index (κ1) is 30.0. The van der Waals surface area contributed by atoms with Gasteiger partial charge in [-0.2, -0.15) is 0 Å². The van der Waals surface area contributed by atoms with Gasteiger partial charge in [0.15, 0.2) is 0 Å². The quantitative estimate of drug-likeness (QED) is 0.165. The zero-order valence-corrected chi connectivity index (χ0v) is 22.2. The van der Waals surface area contributed by atoms with Gasteiger partial charge in [0.25, 0.3) is 5.91 Å². The lowest BCUT2D eigenvalue weighted by Gasteiger charge is -2.12. The Morgan fingerprint density at radius 2 is 1.35 bits per heavy atom. The molecule has 0 fully saturated rings. The van der Waals surface area contributed by atoms with Gasteiger partial charge in [-0.3, -0.25) is 9.59 Å². The molecule has 1 atom stereocenters. The molecule has 2 amide bonds. The largest absolute Gasteiger partial charge is 0.376 e. The van der Waals surface area contributed by atoms with Gasteiger partial charge in [0.05, 0.1) is 6.54 Å². The van der Waals surface area contributed by atoms with Crippen LogP contribution in [0.2, 0.25) is 0 Å². The van der Waals surface area contributed by atoms with E-state index in [2.05, 4.69) is 22.9 Å². The molecule has 0 aliphatic rings. The fourth-order valence-corrected chi connectivity index (χ4v) is 3.97. The first-order valence-electron chi connectivity index (χ1n) is 14.0. The molecule has 194 valence electrons. The molecule has 0 radical (unpaired) electrons. The number of benzene rings is 1. The predicted molar refractivity (Wildman–Crippen MR) is 145 cm³/mol. The number of carbonyl (C=O) groups is 2. The molecule has 0 heterocycles. The van der Waals surface area contributed by atoms with Crippen molar-refractivity contribution < 1.29 is 9.59 Å². The SMILES string of the molecule is CCCCCCCCCCCCCCCCNC(=O)CNc1cccc(C(=O)NC(C)CC)c1. The molecule has 0 spiro atoms. The van der Waals surface area contributed by atoms with Crippen LogP contribution in [-0.4, -0.2) is 30.9 Å². The molecule has 3 N–H and O–H groups in total. The summed E-state index contributed by atoms with van der Waals surface area (Å²) >= 11 is 0. The number of hydrogen-bond acceptors (Lipinski definition) is 3. The minimum atomic E-state index is -0.0831. The maximum Gasteiger partial charge on any atom is 0.251 e. The second-order valence-electron chi connectivity index (χ2n) is 9.66. The van der Waals surface area contributed by atoms with Crippen molar-refractivity contribution in [2.75, 3.05) is 18.4 Å². The first-order valence-corrected chi connectivity index (χ1v) is 14.0. The number of carbonyl (C=O) groups excluding carboxylic acids is 2. The topological polar surface area (TPSA) is 70.2 Å². The van der Waals surface area contributed by atoms with Crippen molar-refractivity contribution in [1.29, 1.82) is 0 Å². The Bertz CT molecular complexity index is 663. The summed E-state index contributed by atoms with van der Waals surface area (Å²) < 4.78 is 0. The smallest absolute Gasteiger partial charge is 0.251 e. The molecule has 0 bridgehead atoms. The van der Waals surface area contributed by atoms with E-state index >= 15 is 0 Å². The van der Waals surface area contributed by atoms with Crippen molar-refractivity contribution in [3.05, 3.63) is 29.8 Å². The highest BCUT2D eigenvalue weighted by molar-refractivity contribution is 5.95. The van der Waals surface area contributed by atoms with E-state index in [1.165, 1.54) is 83.5 Å². The fraction of sp³-hybridized carbons (Fsp3) is 0.724. The summed E-state index contributed by atoms with van der Waals surface area (Å²) in [6.45, 7) is 7.25. The van der Waals surface area contributed by atoms with E-state index in [0.29, 0.717) is 5.56 Å². The Morgan fingerprint density at radius 3 is 1.91 bits per heavy atom. The van der Waals surface area contributed by atoms with Gasteiger partial charge in [-0.1, -0.05) is 103 Å². The highest BCUT2D eigenvalue weighted by Gasteiger charge is 2.09. The third-order valence-electron chi connectivity index (χ3n) is 6.42. The fourth-order valence-electron chi connectivity index (χ4n) is 3.97. The Morgan fingerprint density at radius 1 is 0.794 bits per heavy atom. The summed E-state index contributed by atoms with van der Waals surface area (Å²) in [5.41, 5.74) is 1.39. The summed E-state index contributed by atoms with van der Waals surface area (Å²) in [6.07, 6.45) is 19.6. The molecule has 5 nitrogen and oxygen atoms in total. The van der Waals surface area contributed by atoms with Crippen LogP contribution in [0.25, 0.3) is 0 Å². The predicted octanol–water partition coefficient (Wildman–Crippen LogP) is 7.22. The van der Waals surface area contributed by atoms with Crippen molar-refractivity contribution in [3.63, 3.8) is 0 Å². The van der Waals surface area contributed by atoms with Crippen molar-refractivity contribution >= 4 is 17.5 Å². The zero-order valence-electron chi connectivity index (χ0n) is 22.2. The van der Waals surface area contributed by atoms with E-state index < -0.39 is 0 Å². The van der Waals surface area contributed by atoms with Crippen molar-refractivity contribution in [2.45, 2.75) is 123 Å². The lowest BCUT2D eigenvalue weighted by Crippen LogP contribution is -2.32. The molecule has 1 unspecified atom stereocenters. The number of anilines is 1. The molecule has 0 aromatic heterocycles. The van der Waals surface area contributed by atoms with Gasteiger partial charge in [-0.15, -0.1) is 0 Å². The monoisotopic (exact) mass is 473 g/mol. The number of amides is 2. The van der Waals surface area contributed by atoms with Crippen molar-refractivity contribution in [2.24, 2.45) is 0 Å². The maximum atomic E-state index is 12.3. The van der Waals surface area contributed by atoms with Crippen LogP contribution in [0.5, 0.6) is 0 Å². The summed E-state index contributed by atoms with van der Waals surface area (Å²) in [5.74, 6) is -0.0931. The Kier molecular flexibility index (Phi) is 17.9. The summed E-state index contributed by atoms with van der Waals surface area (Å²) in [7, 11) is 0. The zero-order chi connectivity index (χ0) is 24.9. The van der Waals surface area contributed by atoms with E-state index in [4.69, 9.17) is 0 Å². The minimum absolute atomic E-state index is 0.0100. The third kappa shape index (κ3) is 15.7. The Balaban J connectivity index is 1.99. The van der Waals surface area contributed by atoms with Gasteiger partial charge in [0.1, 0.15) is 0 Å². The van der Waals surface area contributed by atoms with E-state index in [1.54, 1.807) is 12.1 Å². The molecule has 1 aromatic rings. The van der Waals surface area contributed by atoms with Crippen LogP contribution in [0.3, 0.4) is 0 Å². The van der Waals surface area contributed by atoms with Crippen LogP contribution >= 0.6 is 0 Å². The summed E-state index contributed by atoms with van der Waals surface area (Å²) in [4.78, 5) is 24.4. The van der Waals surface area contributed by atoms with E-state index in [9.17, 15) is 9.59 Å². The highest BCUT2D eigenvalue weighted by atomic mass is 16.2. The van der Waals surface area contributed by atoms with Crippen LogP contribution in [0, 0.1) is 0 Å². The molecule has 34 heavy (non-hydrogen) atoms.